The highest BCUT2D eigenvalue weighted by Crippen LogP contribution is 2.37. The van der Waals surface area contributed by atoms with E-state index in [2.05, 4.69) is 15.2 Å². The molecule has 0 spiro atoms. The number of aryl methyl sites for hydroxylation is 1. The standard InChI is InChI=1S/C22H26FN5O3/c1-16-12-24-28(13-16)14-19(29)27-10-3-8-22(15-27,9-11-30-2)21-25-20(31-26-21)17-4-6-18(23)7-5-17/h4-7,12-13H,3,8-11,14-15H2,1-2H3. The van der Waals surface area contributed by atoms with Crippen LogP contribution in [-0.4, -0.2) is 57.5 Å². The molecule has 3 aromatic rings. The van der Waals surface area contributed by atoms with E-state index in [0.29, 0.717) is 43.4 Å². The molecule has 1 aromatic carbocycles. The van der Waals surface area contributed by atoms with Gasteiger partial charge < -0.3 is 14.2 Å². The van der Waals surface area contributed by atoms with E-state index in [9.17, 15) is 9.18 Å². The number of piperidine rings is 1. The summed E-state index contributed by atoms with van der Waals surface area (Å²) in [5.74, 6) is 0.569. The van der Waals surface area contributed by atoms with Crippen molar-refractivity contribution in [3.05, 3.63) is 53.9 Å². The lowest BCUT2D eigenvalue weighted by molar-refractivity contribution is -0.134. The zero-order chi connectivity index (χ0) is 21.8. The third-order valence-electron chi connectivity index (χ3n) is 5.77. The minimum atomic E-state index is -0.467. The van der Waals surface area contributed by atoms with Crippen LogP contribution >= 0.6 is 0 Å². The Morgan fingerprint density at radius 1 is 1.32 bits per heavy atom. The maximum absolute atomic E-state index is 13.3. The number of nitrogens with zero attached hydrogens (tertiary/aromatic N) is 5. The molecule has 31 heavy (non-hydrogen) atoms. The molecule has 0 saturated carbocycles. The Labute approximate surface area is 180 Å². The number of likely N-dealkylation sites (tertiary alicyclic amines) is 1. The second-order valence-electron chi connectivity index (χ2n) is 8.09. The Bertz CT molecular complexity index is 1030. The van der Waals surface area contributed by atoms with Crippen molar-refractivity contribution in [3.63, 3.8) is 0 Å². The topological polar surface area (TPSA) is 86.3 Å². The number of halogens is 1. The molecule has 0 radical (unpaired) electrons. The molecule has 0 bridgehead atoms. The molecule has 1 atom stereocenters. The highest BCUT2D eigenvalue weighted by Gasteiger charge is 2.42. The molecule has 1 aliphatic rings. The molecule has 4 rings (SSSR count). The van der Waals surface area contributed by atoms with Crippen molar-refractivity contribution in [2.24, 2.45) is 0 Å². The van der Waals surface area contributed by atoms with Gasteiger partial charge in [0.2, 0.25) is 5.91 Å². The van der Waals surface area contributed by atoms with E-state index in [0.717, 1.165) is 18.4 Å². The summed E-state index contributed by atoms with van der Waals surface area (Å²) in [4.78, 5) is 19.4. The first-order valence-electron chi connectivity index (χ1n) is 10.3. The van der Waals surface area contributed by atoms with Crippen molar-refractivity contribution >= 4 is 5.91 Å². The lowest BCUT2D eigenvalue weighted by Crippen LogP contribution is -2.50. The molecule has 8 nitrogen and oxygen atoms in total. The smallest absolute Gasteiger partial charge is 0.257 e. The summed E-state index contributed by atoms with van der Waals surface area (Å²) in [6.07, 6.45) is 5.91. The van der Waals surface area contributed by atoms with Crippen LogP contribution in [0.15, 0.2) is 41.2 Å². The van der Waals surface area contributed by atoms with E-state index in [4.69, 9.17) is 9.26 Å². The van der Waals surface area contributed by atoms with E-state index in [1.54, 1.807) is 30.1 Å². The second-order valence-corrected chi connectivity index (χ2v) is 8.09. The van der Waals surface area contributed by atoms with Gasteiger partial charge in [0.25, 0.3) is 5.89 Å². The number of rotatable bonds is 7. The number of hydrogen-bond donors (Lipinski definition) is 0. The Hall–Kier alpha value is -3.07. The van der Waals surface area contributed by atoms with Crippen LogP contribution in [0, 0.1) is 12.7 Å². The first-order valence-corrected chi connectivity index (χ1v) is 10.3. The van der Waals surface area contributed by atoms with Gasteiger partial charge in [0.1, 0.15) is 12.4 Å². The normalized spacial score (nSPS) is 19.0. The summed E-state index contributed by atoms with van der Waals surface area (Å²) >= 11 is 0. The Balaban J connectivity index is 1.56. The summed E-state index contributed by atoms with van der Waals surface area (Å²) in [6, 6.07) is 5.93. The van der Waals surface area contributed by atoms with Crippen LogP contribution in [-0.2, 0) is 21.5 Å². The number of ether oxygens (including phenoxy) is 1. The third-order valence-corrected chi connectivity index (χ3v) is 5.77. The Morgan fingerprint density at radius 2 is 2.13 bits per heavy atom. The van der Waals surface area contributed by atoms with E-state index in [1.165, 1.54) is 12.1 Å². The van der Waals surface area contributed by atoms with Crippen LogP contribution in [0.4, 0.5) is 4.39 Å². The molecule has 1 aliphatic heterocycles. The molecular weight excluding hydrogens is 401 g/mol. The van der Waals surface area contributed by atoms with Crippen LogP contribution in [0.5, 0.6) is 0 Å². The predicted octanol–water partition coefficient (Wildman–Crippen LogP) is 2.98. The van der Waals surface area contributed by atoms with E-state index >= 15 is 0 Å². The maximum atomic E-state index is 13.3. The first-order chi connectivity index (χ1) is 15.0. The SMILES string of the molecule is COCCC1(c2noc(-c3ccc(F)cc3)n2)CCCN(C(=O)Cn2cc(C)cn2)C1. The number of methoxy groups -OCH3 is 1. The minimum absolute atomic E-state index is 0.00634. The van der Waals surface area contributed by atoms with Gasteiger partial charge in [0, 0.05) is 38.6 Å². The molecular formula is C22H26FN5O3. The lowest BCUT2D eigenvalue weighted by Gasteiger charge is -2.41. The monoisotopic (exact) mass is 427 g/mol. The number of aromatic nitrogens is 4. The van der Waals surface area contributed by atoms with Crippen molar-refractivity contribution in [2.45, 2.75) is 38.1 Å². The van der Waals surface area contributed by atoms with Gasteiger partial charge in [-0.05, 0) is 56.0 Å². The van der Waals surface area contributed by atoms with Crippen LogP contribution in [0.1, 0.15) is 30.7 Å². The van der Waals surface area contributed by atoms with Crippen molar-refractivity contribution in [1.29, 1.82) is 0 Å². The number of benzene rings is 1. The maximum Gasteiger partial charge on any atom is 0.257 e. The van der Waals surface area contributed by atoms with Gasteiger partial charge in [-0.1, -0.05) is 5.16 Å². The Morgan fingerprint density at radius 3 is 2.84 bits per heavy atom. The fourth-order valence-electron chi connectivity index (χ4n) is 4.08. The average molecular weight is 427 g/mol. The lowest BCUT2D eigenvalue weighted by atomic mass is 9.76. The van der Waals surface area contributed by atoms with Crippen molar-refractivity contribution in [1.82, 2.24) is 24.8 Å². The molecule has 0 N–H and O–H groups in total. The summed E-state index contributed by atoms with van der Waals surface area (Å²) in [5, 5.41) is 8.47. The molecule has 2 aromatic heterocycles. The summed E-state index contributed by atoms with van der Waals surface area (Å²) in [7, 11) is 1.65. The summed E-state index contributed by atoms with van der Waals surface area (Å²) < 4.78 is 25.8. The van der Waals surface area contributed by atoms with Gasteiger partial charge in [-0.3, -0.25) is 9.48 Å². The van der Waals surface area contributed by atoms with E-state index in [-0.39, 0.29) is 18.3 Å². The van der Waals surface area contributed by atoms with Crippen LogP contribution < -0.4 is 0 Å². The number of hydrogen-bond acceptors (Lipinski definition) is 6. The van der Waals surface area contributed by atoms with Crippen molar-refractivity contribution < 1.29 is 18.4 Å². The molecule has 1 saturated heterocycles. The summed E-state index contributed by atoms with van der Waals surface area (Å²) in [5.41, 5.74) is 1.20. The number of amides is 1. The third kappa shape index (κ3) is 4.66. The molecule has 164 valence electrons. The van der Waals surface area contributed by atoms with Crippen LogP contribution in [0.2, 0.25) is 0 Å². The Kier molecular flexibility index (Phi) is 6.13. The van der Waals surface area contributed by atoms with Gasteiger partial charge in [-0.2, -0.15) is 10.1 Å². The molecule has 1 unspecified atom stereocenters. The largest absolute Gasteiger partial charge is 0.385 e. The number of carbonyl (C=O) groups is 1. The zero-order valence-corrected chi connectivity index (χ0v) is 17.8. The van der Waals surface area contributed by atoms with Gasteiger partial charge in [-0.25, -0.2) is 4.39 Å². The van der Waals surface area contributed by atoms with E-state index in [1.807, 2.05) is 18.0 Å². The van der Waals surface area contributed by atoms with Crippen LogP contribution in [0.3, 0.4) is 0 Å². The van der Waals surface area contributed by atoms with E-state index < -0.39 is 5.41 Å². The number of carbonyl (C=O) groups excluding carboxylic acids is 1. The highest BCUT2D eigenvalue weighted by atomic mass is 19.1. The zero-order valence-electron chi connectivity index (χ0n) is 17.8. The van der Waals surface area contributed by atoms with Crippen LogP contribution in [0.25, 0.3) is 11.5 Å². The van der Waals surface area contributed by atoms with Gasteiger partial charge in [0.15, 0.2) is 5.82 Å². The fourth-order valence-corrected chi connectivity index (χ4v) is 4.08. The summed E-state index contributed by atoms with van der Waals surface area (Å²) in [6.45, 7) is 3.82. The highest BCUT2D eigenvalue weighted by molar-refractivity contribution is 5.76. The minimum Gasteiger partial charge on any atom is -0.385 e. The van der Waals surface area contributed by atoms with Crippen molar-refractivity contribution in [2.75, 3.05) is 26.8 Å². The molecule has 3 heterocycles. The molecule has 0 aliphatic carbocycles. The van der Waals surface area contributed by atoms with Gasteiger partial charge in [-0.15, -0.1) is 0 Å². The molecule has 1 amide bonds. The fraction of sp³-hybridized carbons (Fsp3) is 0.455. The molecule has 1 fully saturated rings. The quantitative estimate of drug-likeness (QED) is 0.576. The first kappa shape index (κ1) is 21.2. The van der Waals surface area contributed by atoms with Gasteiger partial charge >= 0.3 is 0 Å². The van der Waals surface area contributed by atoms with Crippen molar-refractivity contribution in [3.8, 4) is 11.5 Å². The average Bonchev–Trinajstić information content (AvgIpc) is 3.43. The second kappa shape index (κ2) is 8.97. The van der Waals surface area contributed by atoms with Gasteiger partial charge in [0.05, 0.1) is 11.6 Å². The molecule has 9 heteroatoms. The predicted molar refractivity (Wildman–Crippen MR) is 111 cm³/mol.